The van der Waals surface area contributed by atoms with Crippen molar-refractivity contribution < 1.29 is 18.3 Å². The van der Waals surface area contributed by atoms with Gasteiger partial charge in [0, 0.05) is 10.1 Å². The van der Waals surface area contributed by atoms with Crippen LogP contribution in [0, 0.1) is 3.57 Å². The molecule has 0 aliphatic heterocycles. The summed E-state index contributed by atoms with van der Waals surface area (Å²) in [5, 5.41) is 8.94. The minimum Gasteiger partial charge on any atom is -0.478 e. The summed E-state index contributed by atoms with van der Waals surface area (Å²) in [6.45, 7) is 3.72. The first-order valence-corrected chi connectivity index (χ1v) is 7.58. The fourth-order valence-electron chi connectivity index (χ4n) is 1.21. The van der Waals surface area contributed by atoms with Crippen LogP contribution in [0.4, 0.5) is 0 Å². The largest absolute Gasteiger partial charge is 0.478 e. The zero-order chi connectivity index (χ0) is 13.8. The maximum absolute atomic E-state index is 11.9. The second-order valence-corrected chi connectivity index (χ2v) is 6.35. The van der Waals surface area contributed by atoms with Crippen molar-refractivity contribution in [2.24, 2.45) is 0 Å². The number of nitrogens with one attached hydrogen (secondary N) is 1. The van der Waals surface area contributed by atoms with Crippen molar-refractivity contribution in [2.45, 2.75) is 11.3 Å². The molecule has 0 heterocycles. The molecule has 1 aromatic carbocycles. The first kappa shape index (κ1) is 15.1. The van der Waals surface area contributed by atoms with E-state index in [1.165, 1.54) is 12.1 Å². The monoisotopic (exact) mass is 381 g/mol. The molecule has 5 nitrogen and oxygen atoms in total. The lowest BCUT2D eigenvalue weighted by Gasteiger charge is -2.07. The summed E-state index contributed by atoms with van der Waals surface area (Å²) in [7, 11) is -3.67. The molecule has 0 bridgehead atoms. The first-order chi connectivity index (χ1) is 8.38. The minimum atomic E-state index is -3.67. The van der Waals surface area contributed by atoms with E-state index >= 15 is 0 Å². The van der Waals surface area contributed by atoms with Crippen molar-refractivity contribution >= 4 is 38.6 Å². The molecule has 0 aromatic heterocycles. The van der Waals surface area contributed by atoms with Gasteiger partial charge in [0.25, 0.3) is 0 Å². The average Bonchev–Trinajstić information content (AvgIpc) is 2.29. The number of sulfonamides is 1. The molecule has 98 valence electrons. The van der Waals surface area contributed by atoms with Crippen LogP contribution in [0.1, 0.15) is 16.8 Å². The summed E-state index contributed by atoms with van der Waals surface area (Å²) in [6.07, 6.45) is 2.11. The lowest BCUT2D eigenvalue weighted by molar-refractivity contribution is 0.0695. The molecule has 1 aromatic rings. The summed E-state index contributed by atoms with van der Waals surface area (Å²) in [5.74, 6) is -1.15. The SMILES string of the molecule is C=CCCNS(=O)(=O)c1ccc(I)c(C(=O)O)c1. The second kappa shape index (κ2) is 6.30. The first-order valence-electron chi connectivity index (χ1n) is 5.02. The van der Waals surface area contributed by atoms with Gasteiger partial charge in [0.1, 0.15) is 0 Å². The highest BCUT2D eigenvalue weighted by molar-refractivity contribution is 14.1. The van der Waals surface area contributed by atoms with Crippen LogP contribution < -0.4 is 4.72 Å². The molecule has 0 aliphatic carbocycles. The molecule has 7 heteroatoms. The van der Waals surface area contributed by atoms with Crippen LogP contribution in [-0.4, -0.2) is 26.0 Å². The van der Waals surface area contributed by atoms with Crippen molar-refractivity contribution in [1.82, 2.24) is 4.72 Å². The van der Waals surface area contributed by atoms with E-state index in [2.05, 4.69) is 11.3 Å². The lowest BCUT2D eigenvalue weighted by Crippen LogP contribution is -2.24. The van der Waals surface area contributed by atoms with E-state index in [1.807, 2.05) is 22.6 Å². The summed E-state index contributed by atoms with van der Waals surface area (Å²) in [5.41, 5.74) is -0.0257. The fraction of sp³-hybridized carbons (Fsp3) is 0.182. The van der Waals surface area contributed by atoms with Gasteiger partial charge in [-0.15, -0.1) is 6.58 Å². The van der Waals surface area contributed by atoms with Crippen molar-refractivity contribution in [3.05, 3.63) is 40.0 Å². The Morgan fingerprint density at radius 2 is 2.17 bits per heavy atom. The van der Waals surface area contributed by atoms with E-state index in [1.54, 1.807) is 6.08 Å². The standard InChI is InChI=1S/C11H12INO4S/c1-2-3-6-13-18(16,17)8-4-5-10(12)9(7-8)11(14)15/h2,4-5,7,13H,1,3,6H2,(H,14,15). The molecule has 0 fully saturated rings. The normalized spacial score (nSPS) is 11.2. The molecule has 18 heavy (non-hydrogen) atoms. The fourth-order valence-corrected chi connectivity index (χ4v) is 2.85. The van der Waals surface area contributed by atoms with Gasteiger partial charge >= 0.3 is 5.97 Å². The van der Waals surface area contributed by atoms with Crippen LogP contribution in [0.3, 0.4) is 0 Å². The number of halogens is 1. The van der Waals surface area contributed by atoms with Crippen molar-refractivity contribution in [2.75, 3.05) is 6.54 Å². The number of benzene rings is 1. The number of hydrogen-bond acceptors (Lipinski definition) is 3. The van der Waals surface area contributed by atoms with E-state index in [0.717, 1.165) is 6.07 Å². The summed E-state index contributed by atoms with van der Waals surface area (Å²) < 4.78 is 26.6. The zero-order valence-corrected chi connectivity index (χ0v) is 12.4. The van der Waals surface area contributed by atoms with Crippen molar-refractivity contribution in [1.29, 1.82) is 0 Å². The van der Waals surface area contributed by atoms with Gasteiger partial charge in [0.15, 0.2) is 0 Å². The minimum absolute atomic E-state index is 0.0257. The molecular weight excluding hydrogens is 369 g/mol. The van der Waals surface area contributed by atoms with Gasteiger partial charge in [0.05, 0.1) is 10.5 Å². The van der Waals surface area contributed by atoms with Gasteiger partial charge in [-0.25, -0.2) is 17.9 Å². The molecule has 0 amide bonds. The molecule has 0 spiro atoms. The molecule has 0 aliphatic rings. The third kappa shape index (κ3) is 3.79. The highest BCUT2D eigenvalue weighted by atomic mass is 127. The average molecular weight is 381 g/mol. The molecule has 0 saturated carbocycles. The number of aromatic carboxylic acids is 1. The topological polar surface area (TPSA) is 83.5 Å². The Kier molecular flexibility index (Phi) is 5.29. The van der Waals surface area contributed by atoms with Crippen LogP contribution >= 0.6 is 22.6 Å². The van der Waals surface area contributed by atoms with Gasteiger partial charge in [0.2, 0.25) is 10.0 Å². The third-order valence-corrected chi connectivity index (χ3v) is 4.52. The lowest BCUT2D eigenvalue weighted by atomic mass is 10.2. The van der Waals surface area contributed by atoms with Crippen molar-refractivity contribution in [3.8, 4) is 0 Å². The van der Waals surface area contributed by atoms with Gasteiger partial charge in [-0.1, -0.05) is 6.08 Å². The Morgan fingerprint density at radius 1 is 1.50 bits per heavy atom. The summed E-state index contributed by atoms with van der Waals surface area (Å²) in [4.78, 5) is 10.9. The molecule has 0 saturated heterocycles. The Labute approximate surface area is 119 Å². The summed E-state index contributed by atoms with van der Waals surface area (Å²) in [6, 6.07) is 4.00. The van der Waals surface area contributed by atoms with Gasteiger partial charge in [-0.05, 0) is 47.2 Å². The van der Waals surface area contributed by atoms with Crippen LogP contribution in [0.25, 0.3) is 0 Å². The van der Waals surface area contributed by atoms with E-state index in [0.29, 0.717) is 9.99 Å². The smallest absolute Gasteiger partial charge is 0.336 e. The summed E-state index contributed by atoms with van der Waals surface area (Å²) >= 11 is 1.85. The predicted molar refractivity (Wildman–Crippen MR) is 76.1 cm³/mol. The maximum atomic E-state index is 11.9. The quantitative estimate of drug-likeness (QED) is 0.448. The predicted octanol–water partition coefficient (Wildman–Crippen LogP) is 1.84. The van der Waals surface area contributed by atoms with Gasteiger partial charge < -0.3 is 5.11 Å². The Balaban J connectivity index is 3.06. The molecule has 0 unspecified atom stereocenters. The highest BCUT2D eigenvalue weighted by Gasteiger charge is 2.17. The molecular formula is C11H12INO4S. The molecule has 0 atom stereocenters. The van der Waals surface area contributed by atoms with E-state index in [-0.39, 0.29) is 17.0 Å². The zero-order valence-electron chi connectivity index (χ0n) is 9.39. The van der Waals surface area contributed by atoms with Gasteiger partial charge in [-0.2, -0.15) is 0 Å². The number of carboxylic acids is 1. The van der Waals surface area contributed by atoms with E-state index < -0.39 is 16.0 Å². The maximum Gasteiger partial charge on any atom is 0.336 e. The van der Waals surface area contributed by atoms with Crippen LogP contribution in [0.15, 0.2) is 35.7 Å². The molecule has 0 radical (unpaired) electrons. The van der Waals surface area contributed by atoms with E-state index in [9.17, 15) is 13.2 Å². The Bertz CT molecular complexity index is 568. The van der Waals surface area contributed by atoms with Crippen molar-refractivity contribution in [3.63, 3.8) is 0 Å². The van der Waals surface area contributed by atoms with Crippen LogP contribution in [0.5, 0.6) is 0 Å². The van der Waals surface area contributed by atoms with Gasteiger partial charge in [-0.3, -0.25) is 0 Å². The molecule has 2 N–H and O–H groups in total. The number of rotatable bonds is 6. The molecule has 1 rings (SSSR count). The van der Waals surface area contributed by atoms with Crippen LogP contribution in [0.2, 0.25) is 0 Å². The number of hydrogen-bond donors (Lipinski definition) is 2. The van der Waals surface area contributed by atoms with E-state index in [4.69, 9.17) is 5.11 Å². The van der Waals surface area contributed by atoms with Crippen LogP contribution in [-0.2, 0) is 10.0 Å². The number of carbonyl (C=O) groups is 1. The second-order valence-electron chi connectivity index (χ2n) is 3.42. The Morgan fingerprint density at radius 3 is 2.72 bits per heavy atom. The Hall–Kier alpha value is -0.930. The number of carboxylic acid groups (broad SMARTS) is 1. The third-order valence-electron chi connectivity index (χ3n) is 2.12. The highest BCUT2D eigenvalue weighted by Crippen LogP contribution is 2.17.